The van der Waals surface area contributed by atoms with Crippen molar-refractivity contribution < 1.29 is 0 Å². The van der Waals surface area contributed by atoms with Crippen molar-refractivity contribution in [2.75, 3.05) is 0 Å². The number of rotatable bonds is 6. The largest absolute Gasteiger partial charge is 0.310 e. The molecule has 0 fully saturated rings. The molecule has 0 aliphatic carbocycles. The second kappa shape index (κ2) is 7.48. The molecule has 1 N–H and O–H groups in total. The van der Waals surface area contributed by atoms with Crippen LogP contribution in [0.4, 0.5) is 0 Å². The van der Waals surface area contributed by atoms with Crippen molar-refractivity contribution in [1.82, 2.24) is 5.32 Å². The SMILES string of the molecule is CC(C)NCc1cccc(SCc2ccc(Br)s2)c1. The fourth-order valence-corrected chi connectivity index (χ4v) is 4.16. The van der Waals surface area contributed by atoms with Crippen LogP contribution in [0.2, 0.25) is 0 Å². The molecule has 2 rings (SSSR count). The lowest BCUT2D eigenvalue weighted by Gasteiger charge is -2.09. The molecule has 0 aliphatic heterocycles. The quantitative estimate of drug-likeness (QED) is 0.705. The highest BCUT2D eigenvalue weighted by Crippen LogP contribution is 2.29. The molecule has 1 aromatic carbocycles. The number of hydrogen-bond donors (Lipinski definition) is 1. The number of halogens is 1. The van der Waals surface area contributed by atoms with E-state index in [1.54, 1.807) is 0 Å². The number of thiophene rings is 1. The van der Waals surface area contributed by atoms with Crippen LogP contribution in [0.25, 0.3) is 0 Å². The maximum atomic E-state index is 3.51. The first-order valence-electron chi connectivity index (χ1n) is 6.33. The lowest BCUT2D eigenvalue weighted by atomic mass is 10.2. The minimum Gasteiger partial charge on any atom is -0.310 e. The van der Waals surface area contributed by atoms with E-state index < -0.39 is 0 Å². The Morgan fingerprint density at radius 2 is 2.11 bits per heavy atom. The van der Waals surface area contributed by atoms with Gasteiger partial charge in [0.2, 0.25) is 0 Å². The topological polar surface area (TPSA) is 12.0 Å². The minimum absolute atomic E-state index is 0.528. The van der Waals surface area contributed by atoms with E-state index >= 15 is 0 Å². The highest BCUT2D eigenvalue weighted by molar-refractivity contribution is 9.11. The van der Waals surface area contributed by atoms with Gasteiger partial charge in [0.1, 0.15) is 0 Å². The molecule has 2 aromatic rings. The van der Waals surface area contributed by atoms with Crippen LogP contribution in [0.1, 0.15) is 24.3 Å². The van der Waals surface area contributed by atoms with Crippen molar-refractivity contribution in [1.29, 1.82) is 0 Å². The monoisotopic (exact) mass is 355 g/mol. The first-order valence-corrected chi connectivity index (χ1v) is 8.92. The molecule has 0 amide bonds. The zero-order valence-electron chi connectivity index (χ0n) is 11.2. The van der Waals surface area contributed by atoms with Crippen molar-refractivity contribution in [3.8, 4) is 0 Å². The van der Waals surface area contributed by atoms with E-state index in [0.717, 1.165) is 12.3 Å². The Labute approximate surface area is 131 Å². The number of benzene rings is 1. The molecule has 0 spiro atoms. The summed E-state index contributed by atoms with van der Waals surface area (Å²) in [6.45, 7) is 5.29. The summed E-state index contributed by atoms with van der Waals surface area (Å²) in [5.74, 6) is 1.04. The van der Waals surface area contributed by atoms with Gasteiger partial charge in [0.05, 0.1) is 3.79 Å². The summed E-state index contributed by atoms with van der Waals surface area (Å²) >= 11 is 7.21. The van der Waals surface area contributed by atoms with Crippen LogP contribution < -0.4 is 5.32 Å². The maximum absolute atomic E-state index is 3.51. The molecule has 0 saturated carbocycles. The summed E-state index contributed by atoms with van der Waals surface area (Å²) in [5, 5.41) is 3.45. The smallest absolute Gasteiger partial charge is 0.0701 e. The molecular formula is C15H18BrNS2. The standard InChI is InChI=1S/C15H18BrNS2/c1-11(2)17-9-12-4-3-5-13(8-12)18-10-14-6-7-15(16)19-14/h3-8,11,17H,9-10H2,1-2H3. The van der Waals surface area contributed by atoms with E-state index in [1.165, 1.54) is 19.1 Å². The van der Waals surface area contributed by atoms with Gasteiger partial charge in [0.25, 0.3) is 0 Å². The normalized spacial score (nSPS) is 11.2. The fourth-order valence-electron chi connectivity index (χ4n) is 1.65. The zero-order valence-corrected chi connectivity index (χ0v) is 14.4. The second-order valence-electron chi connectivity index (χ2n) is 4.68. The lowest BCUT2D eigenvalue weighted by Crippen LogP contribution is -2.21. The molecule has 19 heavy (non-hydrogen) atoms. The van der Waals surface area contributed by atoms with E-state index in [-0.39, 0.29) is 0 Å². The van der Waals surface area contributed by atoms with Gasteiger partial charge >= 0.3 is 0 Å². The van der Waals surface area contributed by atoms with Crippen LogP contribution in [-0.2, 0) is 12.3 Å². The molecular weight excluding hydrogens is 338 g/mol. The van der Waals surface area contributed by atoms with Crippen molar-refractivity contribution >= 4 is 39.0 Å². The molecule has 0 unspecified atom stereocenters. The molecule has 1 aromatic heterocycles. The molecule has 0 atom stereocenters. The van der Waals surface area contributed by atoms with Gasteiger partial charge in [-0.3, -0.25) is 0 Å². The minimum atomic E-state index is 0.528. The fraction of sp³-hybridized carbons (Fsp3) is 0.333. The Morgan fingerprint density at radius 3 is 2.79 bits per heavy atom. The van der Waals surface area contributed by atoms with Gasteiger partial charge in [0, 0.05) is 28.1 Å². The number of nitrogens with one attached hydrogen (secondary N) is 1. The summed E-state index contributed by atoms with van der Waals surface area (Å²) in [7, 11) is 0. The molecule has 0 bridgehead atoms. The van der Waals surface area contributed by atoms with Crippen LogP contribution in [-0.4, -0.2) is 6.04 Å². The predicted octanol–water partition coefficient (Wildman–Crippen LogP) is 5.30. The maximum Gasteiger partial charge on any atom is 0.0701 e. The molecule has 102 valence electrons. The molecule has 1 nitrogen and oxygen atoms in total. The van der Waals surface area contributed by atoms with Crippen LogP contribution >= 0.6 is 39.0 Å². The first kappa shape index (κ1) is 15.1. The third-order valence-electron chi connectivity index (χ3n) is 2.62. The van der Waals surface area contributed by atoms with Gasteiger partial charge in [0.15, 0.2) is 0 Å². The summed E-state index contributed by atoms with van der Waals surface area (Å²) in [6, 6.07) is 13.6. The Kier molecular flexibility index (Phi) is 5.95. The molecule has 1 heterocycles. The van der Waals surface area contributed by atoms with E-state index in [0.29, 0.717) is 6.04 Å². The highest BCUT2D eigenvalue weighted by Gasteiger charge is 2.01. The second-order valence-corrected chi connectivity index (χ2v) is 8.27. The Bertz CT molecular complexity index is 522. The van der Waals surface area contributed by atoms with Crippen LogP contribution in [0.15, 0.2) is 45.1 Å². The first-order chi connectivity index (χ1) is 9.13. The van der Waals surface area contributed by atoms with E-state index in [1.807, 2.05) is 23.1 Å². The molecule has 0 saturated heterocycles. The van der Waals surface area contributed by atoms with Crippen molar-refractivity contribution in [2.24, 2.45) is 0 Å². The van der Waals surface area contributed by atoms with E-state index in [9.17, 15) is 0 Å². The Balaban J connectivity index is 1.91. The molecule has 0 radical (unpaired) electrons. The number of hydrogen-bond acceptors (Lipinski definition) is 3. The van der Waals surface area contributed by atoms with Crippen LogP contribution in [0.3, 0.4) is 0 Å². The summed E-state index contributed by atoms with van der Waals surface area (Å²) in [5.41, 5.74) is 1.35. The molecule has 0 aliphatic rings. The van der Waals surface area contributed by atoms with Crippen molar-refractivity contribution in [2.45, 2.75) is 37.1 Å². The summed E-state index contributed by atoms with van der Waals surface area (Å²) < 4.78 is 1.21. The van der Waals surface area contributed by atoms with Gasteiger partial charge in [-0.05, 0) is 45.8 Å². The van der Waals surface area contributed by atoms with Crippen LogP contribution in [0, 0.1) is 0 Å². The number of thioether (sulfide) groups is 1. The average Bonchev–Trinajstić information content (AvgIpc) is 2.80. The lowest BCUT2D eigenvalue weighted by molar-refractivity contribution is 0.588. The summed E-state index contributed by atoms with van der Waals surface area (Å²) in [6.07, 6.45) is 0. The van der Waals surface area contributed by atoms with Gasteiger partial charge in [-0.15, -0.1) is 23.1 Å². The van der Waals surface area contributed by atoms with Gasteiger partial charge in [-0.2, -0.15) is 0 Å². The predicted molar refractivity (Wildman–Crippen MR) is 90.0 cm³/mol. The summed E-state index contributed by atoms with van der Waals surface area (Å²) in [4.78, 5) is 2.75. The van der Waals surface area contributed by atoms with Crippen molar-refractivity contribution in [3.05, 3.63) is 50.6 Å². The van der Waals surface area contributed by atoms with Gasteiger partial charge in [-0.25, -0.2) is 0 Å². The van der Waals surface area contributed by atoms with Gasteiger partial charge < -0.3 is 5.32 Å². The third kappa shape index (κ3) is 5.30. The third-order valence-corrected chi connectivity index (χ3v) is 5.47. The average molecular weight is 356 g/mol. The zero-order chi connectivity index (χ0) is 13.7. The van der Waals surface area contributed by atoms with Crippen molar-refractivity contribution in [3.63, 3.8) is 0 Å². The van der Waals surface area contributed by atoms with E-state index in [2.05, 4.69) is 71.5 Å². The Hall–Kier alpha value is -0.290. The highest BCUT2D eigenvalue weighted by atomic mass is 79.9. The molecule has 4 heteroatoms. The van der Waals surface area contributed by atoms with Gasteiger partial charge in [-0.1, -0.05) is 26.0 Å². The Morgan fingerprint density at radius 1 is 1.26 bits per heavy atom. The van der Waals surface area contributed by atoms with Crippen LogP contribution in [0.5, 0.6) is 0 Å². The van der Waals surface area contributed by atoms with E-state index in [4.69, 9.17) is 0 Å².